The van der Waals surface area contributed by atoms with Gasteiger partial charge in [0, 0.05) is 67.5 Å². The van der Waals surface area contributed by atoms with Crippen LogP contribution in [-0.2, 0) is 4.79 Å². The van der Waals surface area contributed by atoms with Gasteiger partial charge in [0.1, 0.15) is 5.75 Å². The molecule has 3 aliphatic rings. The number of carbonyl (C=O) groups is 3. The Bertz CT molecular complexity index is 2360. The Labute approximate surface area is 311 Å². The van der Waals surface area contributed by atoms with E-state index in [9.17, 15) is 14.4 Å². The van der Waals surface area contributed by atoms with E-state index in [0.717, 1.165) is 72.8 Å². The van der Waals surface area contributed by atoms with Gasteiger partial charge in [-0.2, -0.15) is 14.7 Å². The fourth-order valence-corrected chi connectivity index (χ4v) is 8.58. The number of nitrogens with one attached hydrogen (secondary N) is 2. The second-order valence-corrected chi connectivity index (χ2v) is 14.7. The lowest BCUT2D eigenvalue weighted by Crippen LogP contribution is -2.49. The number of fused-ring (bicyclic) bond motifs is 3. The number of ether oxygens (including phenoxy) is 1. The Morgan fingerprint density at radius 1 is 1.00 bits per heavy atom. The van der Waals surface area contributed by atoms with Gasteiger partial charge in [-0.15, -0.1) is 0 Å². The SMILES string of the molecule is COc1cc2nn(C3CCC(CCN4CCC(n5ccc6c(N7CCC(=O)NC7=O)cncc65)CC4)CC3)cc2cc1C(=O)Nc1cnc2cccnn12. The second kappa shape index (κ2) is 14.2. The lowest BCUT2D eigenvalue weighted by molar-refractivity contribution is -0.120. The molecule has 0 bridgehead atoms. The first kappa shape index (κ1) is 34.0. The quantitative estimate of drug-likeness (QED) is 0.194. The third-order valence-electron chi connectivity index (χ3n) is 11.6. The minimum absolute atomic E-state index is 0.239. The van der Waals surface area contributed by atoms with E-state index in [2.05, 4.69) is 58.3 Å². The third kappa shape index (κ3) is 6.42. The molecular weight excluding hydrogens is 687 g/mol. The van der Waals surface area contributed by atoms with Gasteiger partial charge >= 0.3 is 6.03 Å². The van der Waals surface area contributed by atoms with Crippen molar-refractivity contribution < 1.29 is 19.1 Å². The summed E-state index contributed by atoms with van der Waals surface area (Å²) >= 11 is 0. The number of piperidine rings is 1. The van der Waals surface area contributed by atoms with Crippen LogP contribution in [0.2, 0.25) is 0 Å². The zero-order valence-electron chi connectivity index (χ0n) is 30.2. The molecule has 2 saturated heterocycles. The third-order valence-corrected chi connectivity index (χ3v) is 11.6. The first-order valence-corrected chi connectivity index (χ1v) is 18.9. The van der Waals surface area contributed by atoms with Crippen molar-refractivity contribution in [2.24, 2.45) is 5.92 Å². The largest absolute Gasteiger partial charge is 0.496 e. The number of hydrogen-bond donors (Lipinski definition) is 2. The molecule has 1 aliphatic carbocycles. The molecule has 9 rings (SSSR count). The molecule has 1 aromatic carbocycles. The van der Waals surface area contributed by atoms with Crippen LogP contribution in [0.4, 0.5) is 16.3 Å². The van der Waals surface area contributed by atoms with Gasteiger partial charge < -0.3 is 19.5 Å². The van der Waals surface area contributed by atoms with Gasteiger partial charge in [0.05, 0.1) is 54.0 Å². The number of urea groups is 1. The van der Waals surface area contributed by atoms with E-state index in [1.807, 2.05) is 24.4 Å². The number of rotatable bonds is 9. The van der Waals surface area contributed by atoms with Crippen LogP contribution in [0.25, 0.3) is 27.5 Å². The summed E-state index contributed by atoms with van der Waals surface area (Å²) in [7, 11) is 1.57. The van der Waals surface area contributed by atoms with Crippen LogP contribution >= 0.6 is 0 Å². The lowest BCUT2D eigenvalue weighted by Gasteiger charge is -2.35. The van der Waals surface area contributed by atoms with Crippen molar-refractivity contribution in [1.29, 1.82) is 0 Å². The fraction of sp³-hybridized carbons (Fsp3) is 0.410. The van der Waals surface area contributed by atoms with Crippen molar-refractivity contribution in [1.82, 2.24) is 44.1 Å². The summed E-state index contributed by atoms with van der Waals surface area (Å²) in [6.45, 7) is 3.59. The number of pyridine rings is 1. The highest BCUT2D eigenvalue weighted by Crippen LogP contribution is 2.37. The van der Waals surface area contributed by atoms with Gasteiger partial charge in [0.15, 0.2) is 11.5 Å². The van der Waals surface area contributed by atoms with E-state index < -0.39 is 0 Å². The minimum Gasteiger partial charge on any atom is -0.496 e. The van der Waals surface area contributed by atoms with Crippen LogP contribution in [0.5, 0.6) is 5.75 Å². The normalized spacial score (nSPS) is 20.2. The molecule has 1 saturated carbocycles. The van der Waals surface area contributed by atoms with Crippen molar-refractivity contribution in [3.8, 4) is 5.75 Å². The first-order chi connectivity index (χ1) is 26.4. The van der Waals surface area contributed by atoms with Crippen LogP contribution in [-0.4, -0.2) is 90.0 Å². The van der Waals surface area contributed by atoms with Crippen LogP contribution in [0.1, 0.15) is 73.8 Å². The monoisotopic (exact) mass is 729 g/mol. The van der Waals surface area contributed by atoms with E-state index >= 15 is 0 Å². The first-order valence-electron chi connectivity index (χ1n) is 18.9. The molecule has 3 fully saturated rings. The molecule has 15 heteroatoms. The molecule has 2 aliphatic heterocycles. The molecule has 278 valence electrons. The van der Waals surface area contributed by atoms with Gasteiger partial charge in [0.25, 0.3) is 5.91 Å². The molecule has 6 aromatic rings. The average Bonchev–Trinajstić information content (AvgIpc) is 3.94. The molecule has 5 aromatic heterocycles. The standard InChI is InChI=1S/C39H43N11O4/c1-54-34-20-31-26(19-30(34)38(52)43-36-23-41-35-3-2-13-42-50(35)36)24-49(45-31)28-6-4-25(5-7-28)8-14-46-15-9-27(10-16-46)47-17-11-29-32(47)21-40-22-33(29)48-18-12-37(51)44-39(48)53/h2-3,11,13,17,19-25,27-28H,4-10,12,14-16,18H2,1H3,(H,43,52)(H,44,51,53). The van der Waals surface area contributed by atoms with Crippen LogP contribution in [0.3, 0.4) is 0 Å². The topological polar surface area (TPSA) is 157 Å². The van der Waals surface area contributed by atoms with Gasteiger partial charge in [-0.3, -0.25) is 29.5 Å². The molecular formula is C39H43N11O4. The molecule has 0 radical (unpaired) electrons. The highest BCUT2D eigenvalue weighted by atomic mass is 16.5. The maximum atomic E-state index is 13.4. The number of aromatic nitrogens is 7. The molecule has 0 unspecified atom stereocenters. The number of hydrogen-bond acceptors (Lipinski definition) is 9. The summed E-state index contributed by atoms with van der Waals surface area (Å²) in [5, 5.41) is 16.4. The Balaban J connectivity index is 0.777. The Kier molecular flexibility index (Phi) is 8.93. The molecule has 4 amide bonds. The maximum Gasteiger partial charge on any atom is 0.328 e. The minimum atomic E-state index is -0.387. The summed E-state index contributed by atoms with van der Waals surface area (Å²) in [5.74, 6) is 1.12. The summed E-state index contributed by atoms with van der Waals surface area (Å²) < 4.78 is 11.6. The van der Waals surface area contributed by atoms with Crippen molar-refractivity contribution >= 4 is 56.8 Å². The second-order valence-electron chi connectivity index (χ2n) is 14.7. The fourth-order valence-electron chi connectivity index (χ4n) is 8.58. The average molecular weight is 730 g/mol. The van der Waals surface area contributed by atoms with E-state index in [-0.39, 0.29) is 24.3 Å². The molecule has 54 heavy (non-hydrogen) atoms. The summed E-state index contributed by atoms with van der Waals surface area (Å²) in [6.07, 6.45) is 19.2. The highest BCUT2D eigenvalue weighted by Gasteiger charge is 2.29. The number of anilines is 2. The van der Waals surface area contributed by atoms with E-state index in [1.165, 1.54) is 19.3 Å². The Hall–Kier alpha value is -5.83. The predicted molar refractivity (Wildman–Crippen MR) is 203 cm³/mol. The van der Waals surface area contributed by atoms with Crippen LogP contribution in [0.15, 0.2) is 67.5 Å². The van der Waals surface area contributed by atoms with E-state index in [0.29, 0.717) is 47.3 Å². The van der Waals surface area contributed by atoms with Crippen molar-refractivity contribution in [2.45, 2.75) is 63.5 Å². The van der Waals surface area contributed by atoms with Crippen molar-refractivity contribution in [2.75, 3.05) is 43.5 Å². The smallest absolute Gasteiger partial charge is 0.328 e. The van der Waals surface area contributed by atoms with Gasteiger partial charge in [-0.05, 0) is 81.7 Å². The molecule has 2 N–H and O–H groups in total. The number of imide groups is 1. The van der Waals surface area contributed by atoms with Gasteiger partial charge in [-0.1, -0.05) is 0 Å². The Morgan fingerprint density at radius 3 is 2.67 bits per heavy atom. The maximum absolute atomic E-state index is 13.4. The Morgan fingerprint density at radius 2 is 1.85 bits per heavy atom. The molecule has 0 atom stereocenters. The molecule has 15 nitrogen and oxygen atoms in total. The van der Waals surface area contributed by atoms with E-state index in [1.54, 1.807) is 41.2 Å². The number of amides is 4. The van der Waals surface area contributed by atoms with Crippen molar-refractivity contribution in [3.63, 3.8) is 0 Å². The number of imidazole rings is 1. The number of likely N-dealkylation sites (tertiary alicyclic amines) is 1. The summed E-state index contributed by atoms with van der Waals surface area (Å²) in [5.41, 5.74) is 3.66. The highest BCUT2D eigenvalue weighted by molar-refractivity contribution is 6.10. The summed E-state index contributed by atoms with van der Waals surface area (Å²) in [4.78, 5) is 50.6. The zero-order chi connectivity index (χ0) is 36.8. The predicted octanol–water partition coefficient (Wildman–Crippen LogP) is 5.59. The molecule has 7 heterocycles. The number of carbonyl (C=O) groups excluding carboxylic acids is 3. The summed E-state index contributed by atoms with van der Waals surface area (Å²) in [6, 6.07) is 9.72. The van der Waals surface area contributed by atoms with Crippen molar-refractivity contribution in [3.05, 3.63) is 73.1 Å². The molecule has 0 spiro atoms. The lowest BCUT2D eigenvalue weighted by atomic mass is 9.84. The van der Waals surface area contributed by atoms with Crippen LogP contribution < -0.4 is 20.3 Å². The van der Waals surface area contributed by atoms with Gasteiger partial charge in [0.2, 0.25) is 5.91 Å². The van der Waals surface area contributed by atoms with E-state index in [4.69, 9.17) is 9.84 Å². The number of benzene rings is 1. The number of methoxy groups -OCH3 is 1. The van der Waals surface area contributed by atoms with Crippen LogP contribution in [0, 0.1) is 5.92 Å². The number of nitrogens with zero attached hydrogens (tertiary/aromatic N) is 9. The van der Waals surface area contributed by atoms with Gasteiger partial charge in [-0.25, -0.2) is 9.78 Å². The zero-order valence-corrected chi connectivity index (χ0v) is 30.2.